The Bertz CT molecular complexity index is 400. The number of piperidine rings is 1. The first-order valence-electron chi connectivity index (χ1n) is 6.34. The van der Waals surface area contributed by atoms with Crippen LogP contribution in [0.15, 0.2) is 12.1 Å². The van der Waals surface area contributed by atoms with E-state index in [2.05, 4.69) is 11.4 Å². The van der Waals surface area contributed by atoms with Crippen molar-refractivity contribution in [2.75, 3.05) is 27.9 Å². The normalized spacial score (nSPS) is 19.4. The van der Waals surface area contributed by atoms with Crippen LogP contribution in [0.4, 0.5) is 0 Å². The van der Waals surface area contributed by atoms with Gasteiger partial charge in [0.25, 0.3) is 0 Å². The number of benzene rings is 1. The van der Waals surface area contributed by atoms with Crippen LogP contribution in [0, 0.1) is 0 Å². The smallest absolute Gasteiger partial charge is 0.203 e. The van der Waals surface area contributed by atoms with E-state index in [1.165, 1.54) is 12.8 Å². The van der Waals surface area contributed by atoms with Gasteiger partial charge in [0.1, 0.15) is 0 Å². The molecule has 0 aliphatic carbocycles. The molecule has 1 aliphatic heterocycles. The van der Waals surface area contributed by atoms with Crippen LogP contribution in [0.3, 0.4) is 0 Å². The van der Waals surface area contributed by atoms with Gasteiger partial charge >= 0.3 is 0 Å². The highest BCUT2D eigenvalue weighted by atomic mass is 16.5. The summed E-state index contributed by atoms with van der Waals surface area (Å²) in [6.45, 7) is 1.06. The van der Waals surface area contributed by atoms with Gasteiger partial charge < -0.3 is 19.5 Å². The van der Waals surface area contributed by atoms with Gasteiger partial charge in [-0.05, 0) is 31.5 Å². The molecule has 100 valence electrons. The number of nitrogens with one attached hydrogen (secondary N) is 1. The molecule has 0 saturated carbocycles. The SMILES string of the molecule is COc1ccc([C@H]2CCCCN2)c(OC)c1OC. The highest BCUT2D eigenvalue weighted by molar-refractivity contribution is 5.56. The average molecular weight is 251 g/mol. The van der Waals surface area contributed by atoms with Crippen LogP contribution in [0.1, 0.15) is 30.9 Å². The van der Waals surface area contributed by atoms with Crippen molar-refractivity contribution in [3.05, 3.63) is 17.7 Å². The van der Waals surface area contributed by atoms with Gasteiger partial charge in [0.05, 0.1) is 21.3 Å². The third-order valence-corrected chi connectivity index (χ3v) is 3.42. The molecule has 0 amide bonds. The van der Waals surface area contributed by atoms with Crippen LogP contribution < -0.4 is 19.5 Å². The molecule has 0 bridgehead atoms. The fourth-order valence-corrected chi connectivity index (χ4v) is 2.52. The summed E-state index contributed by atoms with van der Waals surface area (Å²) < 4.78 is 16.2. The first-order chi connectivity index (χ1) is 8.81. The summed E-state index contributed by atoms with van der Waals surface area (Å²) >= 11 is 0. The van der Waals surface area contributed by atoms with Crippen LogP contribution >= 0.6 is 0 Å². The van der Waals surface area contributed by atoms with Crippen molar-refractivity contribution < 1.29 is 14.2 Å². The van der Waals surface area contributed by atoms with Gasteiger partial charge in [0.15, 0.2) is 11.5 Å². The van der Waals surface area contributed by atoms with Crippen molar-refractivity contribution in [1.29, 1.82) is 0 Å². The van der Waals surface area contributed by atoms with Gasteiger partial charge in [-0.3, -0.25) is 0 Å². The van der Waals surface area contributed by atoms with E-state index in [-0.39, 0.29) is 0 Å². The van der Waals surface area contributed by atoms with Crippen molar-refractivity contribution in [3.8, 4) is 17.2 Å². The lowest BCUT2D eigenvalue weighted by molar-refractivity contribution is 0.315. The molecule has 1 heterocycles. The minimum absolute atomic E-state index is 0.341. The summed E-state index contributed by atoms with van der Waals surface area (Å²) in [5, 5.41) is 3.52. The largest absolute Gasteiger partial charge is 0.493 e. The van der Waals surface area contributed by atoms with Gasteiger partial charge in [-0.1, -0.05) is 6.42 Å². The summed E-state index contributed by atoms with van der Waals surface area (Å²) in [6.07, 6.45) is 3.62. The lowest BCUT2D eigenvalue weighted by Gasteiger charge is -2.26. The molecule has 4 heteroatoms. The van der Waals surface area contributed by atoms with E-state index in [1.807, 2.05) is 6.07 Å². The topological polar surface area (TPSA) is 39.7 Å². The van der Waals surface area contributed by atoms with E-state index < -0.39 is 0 Å². The summed E-state index contributed by atoms with van der Waals surface area (Å²) in [4.78, 5) is 0. The Kier molecular flexibility index (Phi) is 4.31. The molecule has 1 saturated heterocycles. The Morgan fingerprint density at radius 2 is 1.78 bits per heavy atom. The molecule has 0 radical (unpaired) electrons. The number of hydrogen-bond donors (Lipinski definition) is 1. The summed E-state index contributed by atoms with van der Waals surface area (Å²) in [7, 11) is 4.94. The molecule has 2 rings (SSSR count). The Balaban J connectivity index is 2.40. The minimum atomic E-state index is 0.341. The quantitative estimate of drug-likeness (QED) is 0.892. The molecule has 4 nitrogen and oxygen atoms in total. The van der Waals surface area contributed by atoms with Gasteiger partial charge in [-0.2, -0.15) is 0 Å². The maximum absolute atomic E-state index is 5.52. The van der Waals surface area contributed by atoms with E-state index in [0.29, 0.717) is 17.5 Å². The van der Waals surface area contributed by atoms with Crippen molar-refractivity contribution in [2.24, 2.45) is 0 Å². The summed E-state index contributed by atoms with van der Waals surface area (Å²) in [5.41, 5.74) is 1.15. The molecule has 1 N–H and O–H groups in total. The molecular formula is C14H21NO3. The molecule has 1 atom stereocenters. The fraction of sp³-hybridized carbons (Fsp3) is 0.571. The second kappa shape index (κ2) is 5.96. The van der Waals surface area contributed by atoms with E-state index in [1.54, 1.807) is 21.3 Å². The van der Waals surface area contributed by atoms with Crippen LogP contribution in [0.5, 0.6) is 17.2 Å². The number of methoxy groups -OCH3 is 3. The molecule has 0 spiro atoms. The molecule has 18 heavy (non-hydrogen) atoms. The molecule has 1 aromatic rings. The van der Waals surface area contributed by atoms with Gasteiger partial charge in [-0.25, -0.2) is 0 Å². The molecule has 1 aromatic carbocycles. The highest BCUT2D eigenvalue weighted by Crippen LogP contribution is 2.43. The van der Waals surface area contributed by atoms with Crippen LogP contribution in [-0.2, 0) is 0 Å². The lowest BCUT2D eigenvalue weighted by atomic mass is 9.96. The third kappa shape index (κ3) is 2.38. The predicted molar refractivity (Wildman–Crippen MR) is 70.7 cm³/mol. The molecule has 0 unspecified atom stereocenters. The standard InChI is InChI=1S/C14H21NO3/c1-16-12-8-7-10(11-6-4-5-9-15-11)13(17-2)14(12)18-3/h7-8,11,15H,4-6,9H2,1-3H3/t11-/m1/s1. The predicted octanol–water partition coefficient (Wildman–Crippen LogP) is 2.53. The molecule has 0 aromatic heterocycles. The summed E-state index contributed by atoms with van der Waals surface area (Å²) in [6, 6.07) is 4.34. The zero-order chi connectivity index (χ0) is 13.0. The van der Waals surface area contributed by atoms with Gasteiger partial charge in [0, 0.05) is 11.6 Å². The van der Waals surface area contributed by atoms with Crippen LogP contribution in [0.25, 0.3) is 0 Å². The molecular weight excluding hydrogens is 230 g/mol. The third-order valence-electron chi connectivity index (χ3n) is 3.42. The van der Waals surface area contributed by atoms with Crippen LogP contribution in [-0.4, -0.2) is 27.9 Å². The zero-order valence-electron chi connectivity index (χ0n) is 11.3. The van der Waals surface area contributed by atoms with Gasteiger partial charge in [0.2, 0.25) is 5.75 Å². The number of rotatable bonds is 4. The Morgan fingerprint density at radius 1 is 1.00 bits per heavy atom. The monoisotopic (exact) mass is 251 g/mol. The van der Waals surface area contributed by atoms with E-state index in [4.69, 9.17) is 14.2 Å². The van der Waals surface area contributed by atoms with Crippen molar-refractivity contribution in [2.45, 2.75) is 25.3 Å². The maximum atomic E-state index is 5.52. The van der Waals surface area contributed by atoms with Crippen molar-refractivity contribution in [1.82, 2.24) is 5.32 Å². The fourth-order valence-electron chi connectivity index (χ4n) is 2.52. The number of hydrogen-bond acceptors (Lipinski definition) is 4. The lowest BCUT2D eigenvalue weighted by Crippen LogP contribution is -2.27. The van der Waals surface area contributed by atoms with Crippen molar-refractivity contribution in [3.63, 3.8) is 0 Å². The Hall–Kier alpha value is -1.42. The zero-order valence-corrected chi connectivity index (χ0v) is 11.3. The van der Waals surface area contributed by atoms with E-state index in [0.717, 1.165) is 24.3 Å². The maximum Gasteiger partial charge on any atom is 0.203 e. The number of ether oxygens (including phenoxy) is 3. The molecule has 1 fully saturated rings. The minimum Gasteiger partial charge on any atom is -0.493 e. The second-order valence-electron chi connectivity index (χ2n) is 4.43. The summed E-state index contributed by atoms with van der Waals surface area (Å²) in [5.74, 6) is 2.15. The molecule has 1 aliphatic rings. The van der Waals surface area contributed by atoms with E-state index in [9.17, 15) is 0 Å². The second-order valence-corrected chi connectivity index (χ2v) is 4.43. The average Bonchev–Trinajstić information content (AvgIpc) is 2.46. The Morgan fingerprint density at radius 3 is 2.33 bits per heavy atom. The highest BCUT2D eigenvalue weighted by Gasteiger charge is 2.23. The van der Waals surface area contributed by atoms with Crippen molar-refractivity contribution >= 4 is 0 Å². The first kappa shape index (κ1) is 13.0. The first-order valence-corrected chi connectivity index (χ1v) is 6.34. The van der Waals surface area contributed by atoms with Gasteiger partial charge in [-0.15, -0.1) is 0 Å². The van der Waals surface area contributed by atoms with E-state index >= 15 is 0 Å². The van der Waals surface area contributed by atoms with Crippen LogP contribution in [0.2, 0.25) is 0 Å². The Labute approximate surface area is 108 Å².